The van der Waals surface area contributed by atoms with Crippen LogP contribution in [0, 0.1) is 3.57 Å². The van der Waals surface area contributed by atoms with Crippen LogP contribution in [0.4, 0.5) is 0 Å². The third-order valence-electron chi connectivity index (χ3n) is 2.26. The normalized spacial score (nSPS) is 9.90. The summed E-state index contributed by atoms with van der Waals surface area (Å²) in [6, 6.07) is 7.34. The van der Waals surface area contributed by atoms with E-state index >= 15 is 0 Å². The summed E-state index contributed by atoms with van der Waals surface area (Å²) in [5, 5.41) is 5.07. The van der Waals surface area contributed by atoms with Crippen LogP contribution in [0.2, 0.25) is 0 Å². The molecule has 0 spiro atoms. The molecule has 1 aromatic rings. The van der Waals surface area contributed by atoms with Crippen LogP contribution in [0.1, 0.15) is 0 Å². The Bertz CT molecular complexity index is 437. The predicted octanol–water partition coefficient (Wildman–Crippen LogP) is 0.549. The summed E-state index contributed by atoms with van der Waals surface area (Å²) in [5.41, 5.74) is 0. The standard InChI is InChI=1S/C13H17IN2O4/c1-19-7-6-15-12(17)8-16-13(18)9-20-11-4-2-10(14)3-5-11/h2-5H,6-9H2,1H3,(H,15,17)(H,16,18). The van der Waals surface area contributed by atoms with Crippen molar-refractivity contribution >= 4 is 34.4 Å². The van der Waals surface area contributed by atoms with Crippen LogP contribution in [0.15, 0.2) is 24.3 Å². The van der Waals surface area contributed by atoms with E-state index in [0.717, 1.165) is 3.57 Å². The van der Waals surface area contributed by atoms with Crippen LogP contribution in [-0.2, 0) is 14.3 Å². The van der Waals surface area contributed by atoms with Crippen LogP contribution in [0.25, 0.3) is 0 Å². The molecular formula is C13H17IN2O4. The summed E-state index contributed by atoms with van der Waals surface area (Å²) in [5.74, 6) is 0.0141. The highest BCUT2D eigenvalue weighted by Gasteiger charge is 2.05. The summed E-state index contributed by atoms with van der Waals surface area (Å²) in [4.78, 5) is 22.8. The molecule has 0 radical (unpaired) electrons. The Morgan fingerprint density at radius 3 is 2.50 bits per heavy atom. The summed E-state index contributed by atoms with van der Waals surface area (Å²) in [7, 11) is 1.55. The van der Waals surface area contributed by atoms with E-state index < -0.39 is 0 Å². The number of rotatable bonds is 8. The van der Waals surface area contributed by atoms with E-state index in [1.54, 1.807) is 19.2 Å². The Hall–Kier alpha value is -1.35. The molecule has 110 valence electrons. The molecule has 0 saturated heterocycles. The first kappa shape index (κ1) is 16.7. The van der Waals surface area contributed by atoms with Crippen molar-refractivity contribution in [3.8, 4) is 5.75 Å². The van der Waals surface area contributed by atoms with Gasteiger partial charge >= 0.3 is 0 Å². The number of carbonyl (C=O) groups is 2. The number of carbonyl (C=O) groups excluding carboxylic acids is 2. The topological polar surface area (TPSA) is 76.7 Å². The summed E-state index contributed by atoms with van der Waals surface area (Å²) in [6.45, 7) is 0.671. The molecule has 0 aromatic heterocycles. The first-order chi connectivity index (χ1) is 9.61. The van der Waals surface area contributed by atoms with Crippen molar-refractivity contribution in [2.75, 3.05) is 33.4 Å². The number of hydrogen-bond donors (Lipinski definition) is 2. The Labute approximate surface area is 131 Å². The van der Waals surface area contributed by atoms with Gasteiger partial charge in [-0.1, -0.05) is 0 Å². The minimum Gasteiger partial charge on any atom is -0.484 e. The zero-order valence-electron chi connectivity index (χ0n) is 11.1. The van der Waals surface area contributed by atoms with E-state index in [1.165, 1.54) is 0 Å². The molecular weight excluding hydrogens is 375 g/mol. The van der Waals surface area contributed by atoms with Gasteiger partial charge < -0.3 is 20.1 Å². The third kappa shape index (κ3) is 7.29. The van der Waals surface area contributed by atoms with Crippen LogP contribution >= 0.6 is 22.6 Å². The zero-order valence-corrected chi connectivity index (χ0v) is 13.3. The summed E-state index contributed by atoms with van der Waals surface area (Å²) >= 11 is 2.18. The molecule has 2 amide bonds. The molecule has 0 bridgehead atoms. The molecule has 0 saturated carbocycles. The molecule has 1 aromatic carbocycles. The fourth-order valence-corrected chi connectivity index (χ4v) is 1.62. The lowest BCUT2D eigenvalue weighted by molar-refractivity contribution is -0.127. The molecule has 0 unspecified atom stereocenters. The van der Waals surface area contributed by atoms with Gasteiger partial charge in [-0.2, -0.15) is 0 Å². The van der Waals surface area contributed by atoms with Gasteiger partial charge in [0.15, 0.2) is 6.61 Å². The van der Waals surface area contributed by atoms with Gasteiger partial charge in [-0.3, -0.25) is 9.59 Å². The lowest BCUT2D eigenvalue weighted by Crippen LogP contribution is -2.39. The molecule has 20 heavy (non-hydrogen) atoms. The Morgan fingerprint density at radius 2 is 1.85 bits per heavy atom. The van der Waals surface area contributed by atoms with E-state index in [4.69, 9.17) is 9.47 Å². The molecule has 0 aliphatic rings. The van der Waals surface area contributed by atoms with Gasteiger partial charge in [-0.15, -0.1) is 0 Å². The average molecular weight is 392 g/mol. The molecule has 2 N–H and O–H groups in total. The van der Waals surface area contributed by atoms with Crippen molar-refractivity contribution in [3.63, 3.8) is 0 Å². The second kappa shape index (κ2) is 9.54. The van der Waals surface area contributed by atoms with E-state index in [-0.39, 0.29) is 25.0 Å². The smallest absolute Gasteiger partial charge is 0.258 e. The first-order valence-electron chi connectivity index (χ1n) is 6.02. The van der Waals surface area contributed by atoms with E-state index in [9.17, 15) is 9.59 Å². The van der Waals surface area contributed by atoms with Gasteiger partial charge in [-0.25, -0.2) is 0 Å². The van der Waals surface area contributed by atoms with Gasteiger partial charge in [-0.05, 0) is 46.9 Å². The lowest BCUT2D eigenvalue weighted by Gasteiger charge is -2.08. The van der Waals surface area contributed by atoms with Gasteiger partial charge in [0, 0.05) is 17.2 Å². The van der Waals surface area contributed by atoms with E-state index in [1.807, 2.05) is 12.1 Å². The second-order valence-corrected chi connectivity index (χ2v) is 5.11. The summed E-state index contributed by atoms with van der Waals surface area (Å²) < 4.78 is 11.2. The predicted molar refractivity (Wildman–Crippen MR) is 82.5 cm³/mol. The fourth-order valence-electron chi connectivity index (χ4n) is 1.26. The van der Waals surface area contributed by atoms with Gasteiger partial charge in [0.1, 0.15) is 5.75 Å². The van der Waals surface area contributed by atoms with E-state index in [2.05, 4.69) is 33.2 Å². The number of nitrogens with one attached hydrogen (secondary N) is 2. The highest BCUT2D eigenvalue weighted by molar-refractivity contribution is 14.1. The maximum absolute atomic E-state index is 11.5. The van der Waals surface area contributed by atoms with Crippen molar-refractivity contribution in [3.05, 3.63) is 27.8 Å². The minimum absolute atomic E-state index is 0.0708. The Kier molecular flexibility index (Phi) is 7.97. The number of amides is 2. The second-order valence-electron chi connectivity index (χ2n) is 3.86. The maximum Gasteiger partial charge on any atom is 0.258 e. The monoisotopic (exact) mass is 392 g/mol. The molecule has 0 atom stereocenters. The average Bonchev–Trinajstić information content (AvgIpc) is 2.45. The van der Waals surface area contributed by atoms with E-state index in [0.29, 0.717) is 18.9 Å². The first-order valence-corrected chi connectivity index (χ1v) is 7.10. The molecule has 0 fully saturated rings. The third-order valence-corrected chi connectivity index (χ3v) is 2.98. The minimum atomic E-state index is -0.342. The van der Waals surface area contributed by atoms with Gasteiger partial charge in [0.05, 0.1) is 13.2 Å². The van der Waals surface area contributed by atoms with Gasteiger partial charge in [0.2, 0.25) is 5.91 Å². The SMILES string of the molecule is COCCNC(=O)CNC(=O)COc1ccc(I)cc1. The van der Waals surface area contributed by atoms with Crippen molar-refractivity contribution < 1.29 is 19.1 Å². The number of ether oxygens (including phenoxy) is 2. The highest BCUT2D eigenvalue weighted by atomic mass is 127. The summed E-state index contributed by atoms with van der Waals surface area (Å²) in [6.07, 6.45) is 0. The van der Waals surface area contributed by atoms with Crippen molar-refractivity contribution in [2.24, 2.45) is 0 Å². The Morgan fingerprint density at radius 1 is 1.15 bits per heavy atom. The molecule has 6 nitrogen and oxygen atoms in total. The Balaban J connectivity index is 2.17. The van der Waals surface area contributed by atoms with Crippen molar-refractivity contribution in [2.45, 2.75) is 0 Å². The highest BCUT2D eigenvalue weighted by Crippen LogP contribution is 2.12. The maximum atomic E-state index is 11.5. The zero-order chi connectivity index (χ0) is 14.8. The van der Waals surface area contributed by atoms with Gasteiger partial charge in [0.25, 0.3) is 5.91 Å². The van der Waals surface area contributed by atoms with Crippen LogP contribution < -0.4 is 15.4 Å². The molecule has 1 rings (SSSR count). The van der Waals surface area contributed by atoms with Crippen LogP contribution in [0.5, 0.6) is 5.75 Å². The van der Waals surface area contributed by atoms with Crippen LogP contribution in [-0.4, -0.2) is 45.2 Å². The largest absolute Gasteiger partial charge is 0.484 e. The molecule has 0 aliphatic carbocycles. The number of hydrogen-bond acceptors (Lipinski definition) is 4. The fraction of sp³-hybridized carbons (Fsp3) is 0.385. The molecule has 0 aliphatic heterocycles. The molecule has 7 heteroatoms. The van der Waals surface area contributed by atoms with Crippen molar-refractivity contribution in [1.29, 1.82) is 0 Å². The quantitative estimate of drug-likeness (QED) is 0.501. The number of benzene rings is 1. The lowest BCUT2D eigenvalue weighted by atomic mass is 10.3. The van der Waals surface area contributed by atoms with Crippen molar-refractivity contribution in [1.82, 2.24) is 10.6 Å². The number of halogens is 1. The molecule has 0 heterocycles. The van der Waals surface area contributed by atoms with Crippen LogP contribution in [0.3, 0.4) is 0 Å². The number of methoxy groups -OCH3 is 1.